The summed E-state index contributed by atoms with van der Waals surface area (Å²) in [6.07, 6.45) is 32.9. The van der Waals surface area contributed by atoms with E-state index in [-0.39, 0.29) is 75.4 Å². The second-order valence-electron chi connectivity index (χ2n) is 5.72. The van der Waals surface area contributed by atoms with Crippen LogP contribution >= 0.6 is 0 Å². The maximum absolute atomic E-state index is 6.47. The van der Waals surface area contributed by atoms with E-state index < -0.39 is 0 Å². The first-order chi connectivity index (χ1) is 9.73. The predicted octanol–water partition coefficient (Wildman–Crippen LogP) is -2.34. The topological polar surface area (TPSA) is 0 Å². The van der Waals surface area contributed by atoms with E-state index in [1.165, 1.54) is 51.4 Å². The first kappa shape index (κ1) is 32.3. The molecule has 0 N–H and O–H groups in total. The molecular formula is C20H22ClLiMgW. The summed E-state index contributed by atoms with van der Waals surface area (Å²) >= 11 is 0. The summed E-state index contributed by atoms with van der Waals surface area (Å²) in [4.78, 5) is 0. The Balaban J connectivity index is -0.000000105. The summed E-state index contributed by atoms with van der Waals surface area (Å²) in [6.45, 7) is 0. The van der Waals surface area contributed by atoms with Crippen molar-refractivity contribution in [1.82, 2.24) is 0 Å². The monoisotopic (exact) mass is 512 g/mol. The first-order valence-electron chi connectivity index (χ1n) is 7.50. The van der Waals surface area contributed by atoms with Crippen molar-refractivity contribution >= 4 is 23.1 Å². The van der Waals surface area contributed by atoms with Crippen LogP contribution in [0, 0.1) is 73.0 Å². The Morgan fingerprint density at radius 2 is 0.833 bits per heavy atom. The Kier molecular flexibility index (Phi) is 26.8. The summed E-state index contributed by atoms with van der Waals surface area (Å²) in [5.74, 6) is 12.5. The fourth-order valence-electron chi connectivity index (χ4n) is 0.955. The summed E-state index contributed by atoms with van der Waals surface area (Å²) < 4.78 is 0. The van der Waals surface area contributed by atoms with Gasteiger partial charge in [0.05, 0.1) is 0 Å². The molecule has 0 amide bonds. The van der Waals surface area contributed by atoms with Crippen LogP contribution in [0.15, 0.2) is 0 Å². The SMILES string of the molecule is C#CC1CC1.C#CC1CC1.[C-]#CC1CC1.[C-]#CC1CC1.[Cl-].[Li+].[Mg+2].[W]. The van der Waals surface area contributed by atoms with Crippen molar-refractivity contribution in [2.24, 2.45) is 23.7 Å². The summed E-state index contributed by atoms with van der Waals surface area (Å²) in [7, 11) is 0. The van der Waals surface area contributed by atoms with Crippen LogP contribution in [0.5, 0.6) is 0 Å². The van der Waals surface area contributed by atoms with E-state index in [1.807, 2.05) is 0 Å². The second kappa shape index (κ2) is 19.9. The van der Waals surface area contributed by atoms with Gasteiger partial charge in [0.25, 0.3) is 0 Å². The molecular weight excluding hydrogens is 491 g/mol. The van der Waals surface area contributed by atoms with Crippen LogP contribution in [0.25, 0.3) is 0 Å². The summed E-state index contributed by atoms with van der Waals surface area (Å²) in [6, 6.07) is 0. The number of terminal acetylenes is 2. The molecule has 0 aromatic heterocycles. The van der Waals surface area contributed by atoms with Gasteiger partial charge < -0.3 is 37.1 Å². The zero-order valence-electron chi connectivity index (χ0n) is 14.6. The van der Waals surface area contributed by atoms with E-state index in [0.29, 0.717) is 23.7 Å². The van der Waals surface area contributed by atoms with E-state index in [1.54, 1.807) is 0 Å². The average molecular weight is 513 g/mol. The molecule has 0 aromatic carbocycles. The van der Waals surface area contributed by atoms with Crippen molar-refractivity contribution in [2.45, 2.75) is 51.4 Å². The van der Waals surface area contributed by atoms with Crippen molar-refractivity contribution in [1.29, 1.82) is 0 Å². The molecule has 0 aliphatic heterocycles. The van der Waals surface area contributed by atoms with Crippen LogP contribution in [-0.4, -0.2) is 23.1 Å². The second-order valence-corrected chi connectivity index (χ2v) is 5.72. The number of rotatable bonds is 0. The maximum atomic E-state index is 6.47. The fraction of sp³-hybridized carbons (Fsp3) is 0.600. The largest absolute Gasteiger partial charge is 2.00 e. The molecule has 0 aromatic rings. The summed E-state index contributed by atoms with van der Waals surface area (Å²) in [5, 5.41) is 0. The minimum Gasteiger partial charge on any atom is -1.00 e. The molecule has 4 rings (SSSR count). The van der Waals surface area contributed by atoms with E-state index >= 15 is 0 Å². The van der Waals surface area contributed by atoms with Crippen LogP contribution in [0.1, 0.15) is 51.4 Å². The Morgan fingerprint density at radius 1 is 0.625 bits per heavy atom. The molecule has 0 radical (unpaired) electrons. The van der Waals surface area contributed by atoms with Gasteiger partial charge in [-0.2, -0.15) is 0 Å². The number of hydrogen-bond donors (Lipinski definition) is 0. The molecule has 0 bridgehead atoms. The Hall–Kier alpha value is 0.582. The van der Waals surface area contributed by atoms with Gasteiger partial charge in [-0.3, -0.25) is 0 Å². The standard InChI is InChI=1S/2C5H6.2C5H5.ClH.Li.Mg.W/c4*1-2-5-3-4-5;;;;/h2*1,5H,3-4H2;2*5H,3-4H2;1H;;;/q;;2*-1;;+1;+2;/p-1. The van der Waals surface area contributed by atoms with Gasteiger partial charge >= 0.3 is 41.9 Å². The van der Waals surface area contributed by atoms with Crippen molar-refractivity contribution in [3.8, 4) is 36.5 Å². The molecule has 0 nitrogen and oxygen atoms in total. The number of halogens is 1. The molecule has 24 heavy (non-hydrogen) atoms. The molecule has 0 heterocycles. The van der Waals surface area contributed by atoms with E-state index in [0.717, 1.165) is 0 Å². The van der Waals surface area contributed by atoms with Crippen molar-refractivity contribution in [2.75, 3.05) is 0 Å². The molecule has 4 fully saturated rings. The molecule has 4 heteroatoms. The van der Waals surface area contributed by atoms with Crippen LogP contribution < -0.4 is 31.3 Å². The molecule has 0 saturated heterocycles. The minimum atomic E-state index is 0. The van der Waals surface area contributed by atoms with Crippen molar-refractivity contribution in [3.63, 3.8) is 0 Å². The van der Waals surface area contributed by atoms with Gasteiger partial charge in [0.1, 0.15) is 0 Å². The van der Waals surface area contributed by atoms with Gasteiger partial charge in [-0.15, -0.1) is 24.7 Å². The smallest absolute Gasteiger partial charge is 1.00 e. The van der Waals surface area contributed by atoms with Gasteiger partial charge in [0.15, 0.2) is 0 Å². The maximum Gasteiger partial charge on any atom is 2.00 e. The quantitative estimate of drug-likeness (QED) is 0.194. The predicted molar refractivity (Wildman–Crippen MR) is 88.6 cm³/mol. The van der Waals surface area contributed by atoms with Crippen LogP contribution in [0.2, 0.25) is 0 Å². The Labute approximate surface area is 198 Å². The third-order valence-corrected chi connectivity index (χ3v) is 3.19. The van der Waals surface area contributed by atoms with Gasteiger partial charge in [0.2, 0.25) is 0 Å². The molecule has 0 atom stereocenters. The average Bonchev–Trinajstić information content (AvgIpc) is 3.33. The molecule has 4 aliphatic rings. The minimum absolute atomic E-state index is 0. The van der Waals surface area contributed by atoms with Crippen LogP contribution in [-0.2, 0) is 21.1 Å². The zero-order valence-corrected chi connectivity index (χ0v) is 19.7. The van der Waals surface area contributed by atoms with Gasteiger partial charge in [0, 0.05) is 32.9 Å². The van der Waals surface area contributed by atoms with Crippen LogP contribution in [0.4, 0.5) is 0 Å². The zero-order chi connectivity index (χ0) is 14.8. The Bertz CT molecular complexity index is 362. The van der Waals surface area contributed by atoms with Crippen molar-refractivity contribution < 1.29 is 52.3 Å². The molecule has 118 valence electrons. The Morgan fingerprint density at radius 3 is 0.833 bits per heavy atom. The van der Waals surface area contributed by atoms with E-state index in [4.69, 9.17) is 25.7 Å². The van der Waals surface area contributed by atoms with Gasteiger partial charge in [-0.1, -0.05) is 0 Å². The van der Waals surface area contributed by atoms with E-state index in [2.05, 4.69) is 23.7 Å². The van der Waals surface area contributed by atoms with E-state index in [9.17, 15) is 0 Å². The molecule has 4 saturated carbocycles. The third kappa shape index (κ3) is 24.8. The first-order valence-corrected chi connectivity index (χ1v) is 7.50. The molecule has 0 spiro atoms. The third-order valence-electron chi connectivity index (χ3n) is 3.19. The number of hydrogen-bond acceptors (Lipinski definition) is 0. The normalized spacial score (nSPS) is 17.8. The van der Waals surface area contributed by atoms with Gasteiger partial charge in [-0.05, 0) is 63.2 Å². The molecule has 4 aliphatic carbocycles. The fourth-order valence-corrected chi connectivity index (χ4v) is 0.955. The van der Waals surface area contributed by atoms with Crippen molar-refractivity contribution in [3.05, 3.63) is 12.8 Å². The van der Waals surface area contributed by atoms with Crippen LogP contribution in [0.3, 0.4) is 0 Å². The molecule has 0 unspecified atom stereocenters. The summed E-state index contributed by atoms with van der Waals surface area (Å²) in [5.41, 5.74) is 0. The van der Waals surface area contributed by atoms with Gasteiger partial charge in [-0.25, -0.2) is 0 Å².